The fraction of sp³-hybridized carbons (Fsp3) is 0.750. The molecular weight excluding hydrogens is 186 g/mol. The molecule has 0 saturated carbocycles. The van der Waals surface area contributed by atoms with Gasteiger partial charge in [-0.1, -0.05) is 13.8 Å². The molecule has 1 N–H and O–H groups in total. The van der Waals surface area contributed by atoms with Crippen molar-refractivity contribution in [1.82, 2.24) is 15.1 Å². The SMILES string of the molecule is Cc1nn(C)cc1CCCCNC(C)C. The fourth-order valence-corrected chi connectivity index (χ4v) is 1.73. The molecule has 0 atom stereocenters. The average molecular weight is 209 g/mol. The molecule has 1 heterocycles. The first-order chi connectivity index (χ1) is 7.09. The molecule has 0 amide bonds. The van der Waals surface area contributed by atoms with Gasteiger partial charge in [-0.25, -0.2) is 0 Å². The molecule has 0 saturated heterocycles. The molecule has 0 aliphatic rings. The first kappa shape index (κ1) is 12.2. The summed E-state index contributed by atoms with van der Waals surface area (Å²) < 4.78 is 1.90. The molecule has 0 fully saturated rings. The molecule has 3 nitrogen and oxygen atoms in total. The van der Waals surface area contributed by atoms with Crippen LogP contribution in [0.4, 0.5) is 0 Å². The van der Waals surface area contributed by atoms with Crippen molar-refractivity contribution in [1.29, 1.82) is 0 Å². The van der Waals surface area contributed by atoms with E-state index >= 15 is 0 Å². The standard InChI is InChI=1S/C12H23N3/c1-10(2)13-8-6-5-7-12-9-15(4)14-11(12)3/h9-10,13H,5-8H2,1-4H3. The summed E-state index contributed by atoms with van der Waals surface area (Å²) in [4.78, 5) is 0. The normalized spacial score (nSPS) is 11.3. The van der Waals surface area contributed by atoms with E-state index in [1.54, 1.807) is 0 Å². The van der Waals surface area contributed by atoms with Crippen LogP contribution in [-0.2, 0) is 13.5 Å². The minimum absolute atomic E-state index is 0.602. The molecule has 0 bridgehead atoms. The van der Waals surface area contributed by atoms with Crippen LogP contribution in [-0.4, -0.2) is 22.4 Å². The third kappa shape index (κ3) is 4.47. The van der Waals surface area contributed by atoms with Crippen molar-refractivity contribution in [3.8, 4) is 0 Å². The van der Waals surface area contributed by atoms with E-state index < -0.39 is 0 Å². The molecule has 0 spiro atoms. The summed E-state index contributed by atoms with van der Waals surface area (Å²) in [5.74, 6) is 0. The Morgan fingerprint density at radius 2 is 2.13 bits per heavy atom. The van der Waals surface area contributed by atoms with Gasteiger partial charge >= 0.3 is 0 Å². The van der Waals surface area contributed by atoms with E-state index in [0.717, 1.165) is 13.0 Å². The lowest BCUT2D eigenvalue weighted by atomic mass is 10.1. The van der Waals surface area contributed by atoms with Gasteiger partial charge in [0.25, 0.3) is 0 Å². The molecule has 0 unspecified atom stereocenters. The summed E-state index contributed by atoms with van der Waals surface area (Å²) in [6.07, 6.45) is 5.77. The van der Waals surface area contributed by atoms with E-state index in [4.69, 9.17) is 0 Å². The first-order valence-corrected chi connectivity index (χ1v) is 5.82. The Hall–Kier alpha value is -0.830. The van der Waals surface area contributed by atoms with Gasteiger partial charge in [0.2, 0.25) is 0 Å². The van der Waals surface area contributed by atoms with Crippen LogP contribution >= 0.6 is 0 Å². The number of hydrogen-bond acceptors (Lipinski definition) is 2. The summed E-state index contributed by atoms with van der Waals surface area (Å²) in [6.45, 7) is 7.58. The Labute approximate surface area is 92.9 Å². The van der Waals surface area contributed by atoms with E-state index in [1.807, 2.05) is 11.7 Å². The first-order valence-electron chi connectivity index (χ1n) is 5.82. The quantitative estimate of drug-likeness (QED) is 0.727. The van der Waals surface area contributed by atoms with E-state index in [1.165, 1.54) is 24.1 Å². The van der Waals surface area contributed by atoms with Crippen LogP contribution in [0.3, 0.4) is 0 Å². The predicted octanol–water partition coefficient (Wildman–Crippen LogP) is 2.05. The second kappa shape index (κ2) is 5.91. The summed E-state index contributed by atoms with van der Waals surface area (Å²) in [7, 11) is 1.98. The highest BCUT2D eigenvalue weighted by Crippen LogP contribution is 2.08. The lowest BCUT2D eigenvalue weighted by Crippen LogP contribution is -2.23. The number of hydrogen-bond donors (Lipinski definition) is 1. The van der Waals surface area contributed by atoms with Crippen LogP contribution in [0, 0.1) is 6.92 Å². The molecule has 1 aromatic heterocycles. The van der Waals surface area contributed by atoms with Crippen molar-refractivity contribution < 1.29 is 0 Å². The van der Waals surface area contributed by atoms with Crippen LogP contribution in [0.15, 0.2) is 6.20 Å². The molecule has 0 aliphatic heterocycles. The Morgan fingerprint density at radius 1 is 1.40 bits per heavy atom. The van der Waals surface area contributed by atoms with Crippen molar-refractivity contribution in [2.75, 3.05) is 6.54 Å². The van der Waals surface area contributed by atoms with Gasteiger partial charge in [0, 0.05) is 19.3 Å². The van der Waals surface area contributed by atoms with E-state index in [0.29, 0.717) is 6.04 Å². The van der Waals surface area contributed by atoms with Crippen molar-refractivity contribution >= 4 is 0 Å². The van der Waals surface area contributed by atoms with Gasteiger partial charge in [0.15, 0.2) is 0 Å². The molecule has 0 radical (unpaired) electrons. The molecule has 86 valence electrons. The van der Waals surface area contributed by atoms with Crippen molar-refractivity contribution in [2.24, 2.45) is 7.05 Å². The summed E-state index contributed by atoms with van der Waals surface area (Å²) in [5, 5.41) is 7.77. The number of aromatic nitrogens is 2. The van der Waals surface area contributed by atoms with Gasteiger partial charge in [-0.15, -0.1) is 0 Å². The molecule has 3 heteroatoms. The Balaban J connectivity index is 2.17. The maximum absolute atomic E-state index is 4.34. The largest absolute Gasteiger partial charge is 0.315 e. The Kier molecular flexibility index (Phi) is 4.82. The van der Waals surface area contributed by atoms with Crippen LogP contribution in [0.1, 0.15) is 37.9 Å². The predicted molar refractivity (Wildman–Crippen MR) is 64.0 cm³/mol. The fourth-order valence-electron chi connectivity index (χ4n) is 1.73. The highest BCUT2D eigenvalue weighted by Gasteiger charge is 2.02. The van der Waals surface area contributed by atoms with E-state index in [2.05, 4.69) is 37.4 Å². The second-order valence-corrected chi connectivity index (χ2v) is 4.48. The Morgan fingerprint density at radius 3 is 2.67 bits per heavy atom. The zero-order valence-electron chi connectivity index (χ0n) is 10.4. The molecule has 0 aliphatic carbocycles. The third-order valence-electron chi connectivity index (χ3n) is 2.54. The highest BCUT2D eigenvalue weighted by molar-refractivity contribution is 5.15. The lowest BCUT2D eigenvalue weighted by Gasteiger charge is -2.06. The molecular formula is C12H23N3. The van der Waals surface area contributed by atoms with Crippen LogP contribution in [0.5, 0.6) is 0 Å². The zero-order valence-corrected chi connectivity index (χ0v) is 10.4. The van der Waals surface area contributed by atoms with Crippen LogP contribution in [0.2, 0.25) is 0 Å². The second-order valence-electron chi connectivity index (χ2n) is 4.48. The monoisotopic (exact) mass is 209 g/mol. The molecule has 15 heavy (non-hydrogen) atoms. The van der Waals surface area contributed by atoms with Crippen LogP contribution < -0.4 is 5.32 Å². The van der Waals surface area contributed by atoms with E-state index in [9.17, 15) is 0 Å². The summed E-state index contributed by atoms with van der Waals surface area (Å²) >= 11 is 0. The molecule has 1 aromatic rings. The van der Waals surface area contributed by atoms with Crippen molar-refractivity contribution in [3.05, 3.63) is 17.5 Å². The van der Waals surface area contributed by atoms with Gasteiger partial charge in [-0.3, -0.25) is 4.68 Å². The van der Waals surface area contributed by atoms with Gasteiger partial charge in [-0.2, -0.15) is 5.10 Å². The molecule has 0 aromatic carbocycles. The van der Waals surface area contributed by atoms with Gasteiger partial charge in [0.05, 0.1) is 5.69 Å². The van der Waals surface area contributed by atoms with Gasteiger partial charge < -0.3 is 5.32 Å². The lowest BCUT2D eigenvalue weighted by molar-refractivity contribution is 0.557. The molecule has 1 rings (SSSR count). The number of nitrogens with one attached hydrogen (secondary N) is 1. The number of rotatable bonds is 6. The van der Waals surface area contributed by atoms with E-state index in [-0.39, 0.29) is 0 Å². The number of nitrogens with zero attached hydrogens (tertiary/aromatic N) is 2. The topological polar surface area (TPSA) is 29.9 Å². The van der Waals surface area contributed by atoms with Crippen LogP contribution in [0.25, 0.3) is 0 Å². The maximum atomic E-state index is 4.34. The smallest absolute Gasteiger partial charge is 0.0625 e. The van der Waals surface area contributed by atoms with Crippen molar-refractivity contribution in [2.45, 2.75) is 46.1 Å². The third-order valence-corrected chi connectivity index (χ3v) is 2.54. The van der Waals surface area contributed by atoms with Crippen molar-refractivity contribution in [3.63, 3.8) is 0 Å². The average Bonchev–Trinajstić information content (AvgIpc) is 2.44. The highest BCUT2D eigenvalue weighted by atomic mass is 15.2. The maximum Gasteiger partial charge on any atom is 0.0625 e. The minimum Gasteiger partial charge on any atom is -0.315 e. The zero-order chi connectivity index (χ0) is 11.3. The number of aryl methyl sites for hydroxylation is 3. The Bertz CT molecular complexity index is 289. The van der Waals surface area contributed by atoms with Gasteiger partial charge in [-0.05, 0) is 38.3 Å². The summed E-state index contributed by atoms with van der Waals surface area (Å²) in [6, 6.07) is 0.602. The van der Waals surface area contributed by atoms with Gasteiger partial charge in [0.1, 0.15) is 0 Å². The minimum atomic E-state index is 0.602. The summed E-state index contributed by atoms with van der Waals surface area (Å²) in [5.41, 5.74) is 2.57. The number of unbranched alkanes of at least 4 members (excludes halogenated alkanes) is 1.